The highest BCUT2D eigenvalue weighted by Crippen LogP contribution is 2.23. The van der Waals surface area contributed by atoms with Crippen LogP contribution in [0.15, 0.2) is 24.4 Å². The Bertz CT molecular complexity index is 619. The highest BCUT2D eigenvalue weighted by atomic mass is 16.5. The fraction of sp³-hybridized carbons (Fsp3) is 0.231. The lowest BCUT2D eigenvalue weighted by Crippen LogP contribution is -2.13. The van der Waals surface area contributed by atoms with Gasteiger partial charge in [0, 0.05) is 25.0 Å². The first kappa shape index (κ1) is 12.9. The third-order valence-electron chi connectivity index (χ3n) is 2.73. The monoisotopic (exact) mass is 260 g/mol. The average Bonchev–Trinajstić information content (AvgIpc) is 2.67. The molecule has 2 rings (SSSR count). The summed E-state index contributed by atoms with van der Waals surface area (Å²) < 4.78 is 6.80. The van der Waals surface area contributed by atoms with Crippen LogP contribution in [0, 0.1) is 6.92 Å². The van der Waals surface area contributed by atoms with Crippen LogP contribution in [0.3, 0.4) is 0 Å². The number of ether oxygens (including phenoxy) is 1. The number of methoxy groups -OCH3 is 1. The van der Waals surface area contributed by atoms with E-state index < -0.39 is 0 Å². The Morgan fingerprint density at radius 3 is 2.79 bits per heavy atom. The summed E-state index contributed by atoms with van der Waals surface area (Å²) in [4.78, 5) is 12.2. The molecule has 1 aromatic carbocycles. The predicted octanol–water partition coefficient (Wildman–Crippen LogP) is 1.57. The highest BCUT2D eigenvalue weighted by Gasteiger charge is 2.14. The number of benzene rings is 1. The largest absolute Gasteiger partial charge is 0.496 e. The summed E-state index contributed by atoms with van der Waals surface area (Å²) >= 11 is 0. The molecule has 0 radical (unpaired) electrons. The van der Waals surface area contributed by atoms with Crippen molar-refractivity contribution in [1.82, 2.24) is 9.78 Å². The van der Waals surface area contributed by atoms with E-state index in [2.05, 4.69) is 10.4 Å². The minimum absolute atomic E-state index is 0.257. The second-order valence-corrected chi connectivity index (χ2v) is 4.22. The van der Waals surface area contributed by atoms with Crippen molar-refractivity contribution in [2.75, 3.05) is 18.2 Å². The molecule has 0 fully saturated rings. The Kier molecular flexibility index (Phi) is 3.41. The van der Waals surface area contributed by atoms with E-state index in [-0.39, 0.29) is 5.91 Å². The van der Waals surface area contributed by atoms with Gasteiger partial charge >= 0.3 is 0 Å². The third kappa shape index (κ3) is 2.67. The maximum Gasteiger partial charge on any atom is 0.259 e. The molecule has 0 spiro atoms. The number of nitrogens with one attached hydrogen (secondary N) is 1. The van der Waals surface area contributed by atoms with E-state index in [1.54, 1.807) is 36.1 Å². The molecule has 1 heterocycles. The van der Waals surface area contributed by atoms with Gasteiger partial charge in [-0.2, -0.15) is 5.10 Å². The summed E-state index contributed by atoms with van der Waals surface area (Å²) in [5.41, 5.74) is 8.06. The number of carbonyl (C=O) groups is 1. The van der Waals surface area contributed by atoms with Crippen LogP contribution in [0.5, 0.6) is 5.75 Å². The van der Waals surface area contributed by atoms with Crippen LogP contribution in [0.2, 0.25) is 0 Å². The van der Waals surface area contributed by atoms with Crippen LogP contribution in [-0.4, -0.2) is 22.8 Å². The first-order valence-electron chi connectivity index (χ1n) is 5.76. The van der Waals surface area contributed by atoms with Crippen LogP contribution in [-0.2, 0) is 7.05 Å². The zero-order valence-corrected chi connectivity index (χ0v) is 11.1. The van der Waals surface area contributed by atoms with Gasteiger partial charge in [0.05, 0.1) is 24.1 Å². The standard InChI is InChI=1S/C13H16N4O2/c1-8-11(7-17(2)16-8)15-13(18)10-5-4-9(14)6-12(10)19-3/h4-7H,14H2,1-3H3,(H,15,18). The summed E-state index contributed by atoms with van der Waals surface area (Å²) in [7, 11) is 3.30. The van der Waals surface area contributed by atoms with E-state index in [4.69, 9.17) is 10.5 Å². The summed E-state index contributed by atoms with van der Waals surface area (Å²) in [6.07, 6.45) is 1.75. The number of nitrogen functional groups attached to an aromatic ring is 1. The zero-order valence-electron chi connectivity index (χ0n) is 11.1. The number of amides is 1. The van der Waals surface area contributed by atoms with E-state index in [1.165, 1.54) is 7.11 Å². The van der Waals surface area contributed by atoms with E-state index in [0.717, 1.165) is 5.69 Å². The van der Waals surface area contributed by atoms with Gasteiger partial charge in [-0.1, -0.05) is 0 Å². The van der Waals surface area contributed by atoms with Gasteiger partial charge in [0.1, 0.15) is 5.75 Å². The lowest BCUT2D eigenvalue weighted by atomic mass is 10.1. The van der Waals surface area contributed by atoms with Crippen LogP contribution < -0.4 is 15.8 Å². The molecule has 0 bridgehead atoms. The van der Waals surface area contributed by atoms with E-state index >= 15 is 0 Å². The molecule has 6 nitrogen and oxygen atoms in total. The number of aryl methyl sites for hydroxylation is 2. The number of nitrogens with zero attached hydrogens (tertiary/aromatic N) is 2. The molecule has 100 valence electrons. The molecule has 0 aliphatic heterocycles. The lowest BCUT2D eigenvalue weighted by Gasteiger charge is -2.09. The molecule has 0 aliphatic rings. The highest BCUT2D eigenvalue weighted by molar-refractivity contribution is 6.06. The summed E-state index contributed by atoms with van der Waals surface area (Å²) in [6, 6.07) is 4.91. The average molecular weight is 260 g/mol. The lowest BCUT2D eigenvalue weighted by molar-refractivity contribution is 0.102. The van der Waals surface area contributed by atoms with Gasteiger partial charge in [-0.25, -0.2) is 0 Å². The van der Waals surface area contributed by atoms with E-state index in [9.17, 15) is 4.79 Å². The van der Waals surface area contributed by atoms with Crippen molar-refractivity contribution < 1.29 is 9.53 Å². The fourth-order valence-corrected chi connectivity index (χ4v) is 1.81. The Labute approximate surface area is 111 Å². The molecular weight excluding hydrogens is 244 g/mol. The molecule has 3 N–H and O–H groups in total. The SMILES string of the molecule is COc1cc(N)ccc1C(=O)Nc1cn(C)nc1C. The minimum atomic E-state index is -0.257. The molecule has 19 heavy (non-hydrogen) atoms. The number of hydrogen-bond donors (Lipinski definition) is 2. The number of anilines is 2. The molecule has 0 saturated carbocycles. The number of nitrogens with two attached hydrogens (primary N) is 1. The molecule has 0 aliphatic carbocycles. The Morgan fingerprint density at radius 2 is 2.21 bits per heavy atom. The molecule has 6 heteroatoms. The summed E-state index contributed by atoms with van der Waals surface area (Å²) in [5.74, 6) is 0.187. The van der Waals surface area contributed by atoms with Gasteiger partial charge in [-0.05, 0) is 19.1 Å². The van der Waals surface area contributed by atoms with Crippen LogP contribution in [0.1, 0.15) is 16.1 Å². The maximum absolute atomic E-state index is 12.2. The van der Waals surface area contributed by atoms with Gasteiger partial charge in [0.15, 0.2) is 0 Å². The van der Waals surface area contributed by atoms with Gasteiger partial charge in [0.25, 0.3) is 5.91 Å². The van der Waals surface area contributed by atoms with Crippen LogP contribution in [0.4, 0.5) is 11.4 Å². The first-order valence-corrected chi connectivity index (χ1v) is 5.76. The van der Waals surface area contributed by atoms with Crippen molar-refractivity contribution in [3.8, 4) is 5.75 Å². The molecule has 0 saturated heterocycles. The number of hydrogen-bond acceptors (Lipinski definition) is 4. The van der Waals surface area contributed by atoms with Gasteiger partial charge in [0.2, 0.25) is 0 Å². The molecule has 0 atom stereocenters. The Hall–Kier alpha value is -2.50. The Balaban J connectivity index is 2.27. The topological polar surface area (TPSA) is 82.2 Å². The van der Waals surface area contributed by atoms with Crippen molar-refractivity contribution in [2.45, 2.75) is 6.92 Å². The summed E-state index contributed by atoms with van der Waals surface area (Å²) in [6.45, 7) is 1.83. The summed E-state index contributed by atoms with van der Waals surface area (Å²) in [5, 5.41) is 6.96. The van der Waals surface area contributed by atoms with Crippen molar-refractivity contribution in [2.24, 2.45) is 7.05 Å². The first-order chi connectivity index (χ1) is 9.01. The van der Waals surface area contributed by atoms with Crippen molar-refractivity contribution in [3.05, 3.63) is 35.7 Å². The molecule has 1 aromatic heterocycles. The second kappa shape index (κ2) is 5.01. The maximum atomic E-state index is 12.2. The second-order valence-electron chi connectivity index (χ2n) is 4.22. The molecular formula is C13H16N4O2. The van der Waals surface area contributed by atoms with Gasteiger partial charge < -0.3 is 15.8 Å². The fourth-order valence-electron chi connectivity index (χ4n) is 1.81. The molecule has 2 aromatic rings. The van der Waals surface area contributed by atoms with Crippen molar-refractivity contribution >= 4 is 17.3 Å². The Morgan fingerprint density at radius 1 is 1.47 bits per heavy atom. The predicted molar refractivity (Wildman–Crippen MR) is 73.3 cm³/mol. The molecule has 1 amide bonds. The smallest absolute Gasteiger partial charge is 0.259 e. The quantitative estimate of drug-likeness (QED) is 0.821. The van der Waals surface area contributed by atoms with Crippen molar-refractivity contribution in [3.63, 3.8) is 0 Å². The van der Waals surface area contributed by atoms with Crippen LogP contribution in [0.25, 0.3) is 0 Å². The zero-order chi connectivity index (χ0) is 14.0. The van der Waals surface area contributed by atoms with Gasteiger partial charge in [-0.3, -0.25) is 9.48 Å². The number of carbonyl (C=O) groups excluding carboxylic acids is 1. The van der Waals surface area contributed by atoms with Crippen molar-refractivity contribution in [1.29, 1.82) is 0 Å². The number of rotatable bonds is 3. The van der Waals surface area contributed by atoms with E-state index in [1.807, 2.05) is 6.92 Å². The van der Waals surface area contributed by atoms with E-state index in [0.29, 0.717) is 22.7 Å². The van der Waals surface area contributed by atoms with Gasteiger partial charge in [-0.15, -0.1) is 0 Å². The normalized spacial score (nSPS) is 10.3. The third-order valence-corrected chi connectivity index (χ3v) is 2.73. The number of aromatic nitrogens is 2. The molecule has 0 unspecified atom stereocenters. The minimum Gasteiger partial charge on any atom is -0.496 e. The van der Waals surface area contributed by atoms with Crippen LogP contribution >= 0.6 is 0 Å².